The number of pyridine rings is 1. The van der Waals surface area contributed by atoms with Crippen LogP contribution < -0.4 is 0 Å². The van der Waals surface area contributed by atoms with Gasteiger partial charge in [0.1, 0.15) is 0 Å². The summed E-state index contributed by atoms with van der Waals surface area (Å²) in [5.74, 6) is 0.0416. The van der Waals surface area contributed by atoms with Gasteiger partial charge >= 0.3 is 0 Å². The van der Waals surface area contributed by atoms with E-state index in [1.807, 2.05) is 72.8 Å². The lowest BCUT2D eigenvalue weighted by Crippen LogP contribution is -1.91. The van der Waals surface area contributed by atoms with E-state index in [1.165, 1.54) is 0 Å². The summed E-state index contributed by atoms with van der Waals surface area (Å²) in [6.07, 6.45) is 7.36. The minimum absolute atomic E-state index is 0.0416. The van der Waals surface area contributed by atoms with Gasteiger partial charge in [0.05, 0.1) is 16.5 Å². The van der Waals surface area contributed by atoms with Crippen LogP contribution in [0.15, 0.2) is 60.7 Å². The first-order chi connectivity index (χ1) is 12.1. The second kappa shape index (κ2) is 8.24. The standard InChI is InChI=1S/C21H15BrClNO/c22-14-20(25)11-5-16-3-1-2-15(12-16)4-9-19-10-7-17-6-8-18(23)13-21(17)24-19/h1-13H,14H2. The predicted molar refractivity (Wildman–Crippen MR) is 110 cm³/mol. The zero-order valence-corrected chi connectivity index (χ0v) is 15.7. The third kappa shape index (κ3) is 4.88. The average molecular weight is 413 g/mol. The van der Waals surface area contributed by atoms with E-state index in [0.29, 0.717) is 10.4 Å². The van der Waals surface area contributed by atoms with Crippen LogP contribution in [0.2, 0.25) is 5.02 Å². The summed E-state index contributed by atoms with van der Waals surface area (Å²) in [4.78, 5) is 16.0. The van der Waals surface area contributed by atoms with E-state index in [9.17, 15) is 4.79 Å². The van der Waals surface area contributed by atoms with E-state index < -0.39 is 0 Å². The van der Waals surface area contributed by atoms with Crippen molar-refractivity contribution in [1.29, 1.82) is 0 Å². The zero-order chi connectivity index (χ0) is 17.6. The third-order valence-electron chi connectivity index (χ3n) is 3.63. The number of benzene rings is 2. The van der Waals surface area contributed by atoms with Gasteiger partial charge in [-0.3, -0.25) is 4.79 Å². The number of hydrogen-bond acceptors (Lipinski definition) is 2. The number of aromatic nitrogens is 1. The van der Waals surface area contributed by atoms with Crippen molar-refractivity contribution in [1.82, 2.24) is 4.98 Å². The summed E-state index contributed by atoms with van der Waals surface area (Å²) in [7, 11) is 0. The Balaban J connectivity index is 1.82. The average Bonchev–Trinajstić information content (AvgIpc) is 2.64. The first-order valence-corrected chi connectivity index (χ1v) is 9.25. The van der Waals surface area contributed by atoms with Crippen molar-refractivity contribution in [2.75, 3.05) is 5.33 Å². The summed E-state index contributed by atoms with van der Waals surface area (Å²) >= 11 is 9.18. The fourth-order valence-electron chi connectivity index (χ4n) is 2.38. The van der Waals surface area contributed by atoms with Crippen LogP contribution in [0.4, 0.5) is 0 Å². The highest BCUT2D eigenvalue weighted by atomic mass is 79.9. The molecule has 0 aliphatic carbocycles. The minimum Gasteiger partial charge on any atom is -0.294 e. The first kappa shape index (κ1) is 17.6. The number of fused-ring (bicyclic) bond motifs is 1. The molecule has 3 aromatic rings. The van der Waals surface area contributed by atoms with Gasteiger partial charge in [-0.2, -0.15) is 0 Å². The molecule has 0 N–H and O–H groups in total. The van der Waals surface area contributed by atoms with E-state index in [-0.39, 0.29) is 5.78 Å². The molecule has 0 aliphatic heterocycles. The van der Waals surface area contributed by atoms with E-state index >= 15 is 0 Å². The van der Waals surface area contributed by atoms with Gasteiger partial charge in [0.25, 0.3) is 0 Å². The molecule has 0 aliphatic rings. The highest BCUT2D eigenvalue weighted by Crippen LogP contribution is 2.19. The lowest BCUT2D eigenvalue weighted by Gasteiger charge is -2.00. The van der Waals surface area contributed by atoms with Crippen molar-refractivity contribution in [3.05, 3.63) is 82.5 Å². The monoisotopic (exact) mass is 411 g/mol. The molecular formula is C21H15BrClNO. The van der Waals surface area contributed by atoms with Gasteiger partial charge in [0.2, 0.25) is 0 Å². The van der Waals surface area contributed by atoms with Crippen molar-refractivity contribution in [2.45, 2.75) is 0 Å². The molecule has 0 fully saturated rings. The van der Waals surface area contributed by atoms with Crippen LogP contribution in [0.3, 0.4) is 0 Å². The molecule has 1 aromatic heterocycles. The maximum Gasteiger partial charge on any atom is 0.166 e. The molecule has 3 rings (SSSR count). The summed E-state index contributed by atoms with van der Waals surface area (Å²) < 4.78 is 0. The SMILES string of the molecule is O=C(C=Cc1cccc(C=Cc2ccc3ccc(Cl)cc3n2)c1)CBr. The predicted octanol–water partition coefficient (Wildman–Crippen LogP) is 6.04. The second-order valence-electron chi connectivity index (χ2n) is 5.51. The Bertz CT molecular complexity index is 979. The molecule has 0 saturated carbocycles. The fourth-order valence-corrected chi connectivity index (χ4v) is 2.73. The van der Waals surface area contributed by atoms with Crippen molar-refractivity contribution >= 4 is 62.4 Å². The van der Waals surface area contributed by atoms with E-state index in [0.717, 1.165) is 27.7 Å². The van der Waals surface area contributed by atoms with Crippen LogP contribution in [-0.4, -0.2) is 16.1 Å². The van der Waals surface area contributed by atoms with Gasteiger partial charge in [-0.25, -0.2) is 4.98 Å². The Morgan fingerprint density at radius 2 is 1.76 bits per heavy atom. The molecule has 0 amide bonds. The summed E-state index contributed by atoms with van der Waals surface area (Å²) in [6, 6.07) is 17.7. The maximum absolute atomic E-state index is 11.3. The quantitative estimate of drug-likeness (QED) is 0.378. The van der Waals surface area contributed by atoms with Crippen LogP contribution in [-0.2, 0) is 4.79 Å². The molecule has 0 spiro atoms. The van der Waals surface area contributed by atoms with Gasteiger partial charge in [-0.1, -0.05) is 70.0 Å². The van der Waals surface area contributed by atoms with Gasteiger partial charge in [-0.15, -0.1) is 0 Å². The Morgan fingerprint density at radius 3 is 2.56 bits per heavy atom. The number of allylic oxidation sites excluding steroid dienone is 1. The largest absolute Gasteiger partial charge is 0.294 e. The number of carbonyl (C=O) groups excluding carboxylic acids is 1. The molecule has 25 heavy (non-hydrogen) atoms. The van der Waals surface area contributed by atoms with Crippen LogP contribution in [0.25, 0.3) is 29.1 Å². The van der Waals surface area contributed by atoms with Crippen molar-refractivity contribution in [3.63, 3.8) is 0 Å². The lowest BCUT2D eigenvalue weighted by atomic mass is 10.1. The number of hydrogen-bond donors (Lipinski definition) is 0. The Labute approximate surface area is 160 Å². The topological polar surface area (TPSA) is 30.0 Å². The van der Waals surface area contributed by atoms with Crippen molar-refractivity contribution in [2.24, 2.45) is 0 Å². The molecule has 0 unspecified atom stereocenters. The molecule has 1 heterocycles. The summed E-state index contributed by atoms with van der Waals surface area (Å²) in [5, 5.41) is 2.07. The Hall–Kier alpha value is -2.23. The van der Waals surface area contributed by atoms with Crippen LogP contribution in [0.1, 0.15) is 16.8 Å². The van der Waals surface area contributed by atoms with E-state index in [2.05, 4.69) is 20.9 Å². The lowest BCUT2D eigenvalue weighted by molar-refractivity contribution is -0.112. The van der Waals surface area contributed by atoms with Crippen LogP contribution >= 0.6 is 27.5 Å². The molecule has 0 atom stereocenters. The van der Waals surface area contributed by atoms with Crippen molar-refractivity contribution < 1.29 is 4.79 Å². The van der Waals surface area contributed by atoms with E-state index in [4.69, 9.17) is 11.6 Å². The van der Waals surface area contributed by atoms with Gasteiger partial charge in [0.15, 0.2) is 5.78 Å². The van der Waals surface area contributed by atoms with Crippen LogP contribution in [0, 0.1) is 0 Å². The normalized spacial score (nSPS) is 11.6. The molecule has 0 radical (unpaired) electrons. The smallest absolute Gasteiger partial charge is 0.166 e. The van der Waals surface area contributed by atoms with E-state index in [1.54, 1.807) is 6.08 Å². The molecule has 2 aromatic carbocycles. The molecule has 0 saturated heterocycles. The third-order valence-corrected chi connectivity index (χ3v) is 4.41. The molecule has 4 heteroatoms. The summed E-state index contributed by atoms with van der Waals surface area (Å²) in [6.45, 7) is 0. The first-order valence-electron chi connectivity index (χ1n) is 7.75. The molecule has 2 nitrogen and oxygen atoms in total. The number of rotatable bonds is 5. The fraction of sp³-hybridized carbons (Fsp3) is 0.0476. The molecule has 0 bridgehead atoms. The second-order valence-corrected chi connectivity index (χ2v) is 6.51. The number of ketones is 1. The number of nitrogens with zero attached hydrogens (tertiary/aromatic N) is 1. The Morgan fingerprint density at radius 1 is 1.00 bits per heavy atom. The molecular weight excluding hydrogens is 398 g/mol. The Kier molecular flexibility index (Phi) is 5.79. The number of halogens is 2. The minimum atomic E-state index is 0.0416. The van der Waals surface area contributed by atoms with Gasteiger partial charge in [-0.05, 0) is 47.5 Å². The number of alkyl halides is 1. The highest BCUT2D eigenvalue weighted by Gasteiger charge is 1.98. The maximum atomic E-state index is 11.3. The zero-order valence-electron chi connectivity index (χ0n) is 13.3. The van der Waals surface area contributed by atoms with Crippen LogP contribution in [0.5, 0.6) is 0 Å². The van der Waals surface area contributed by atoms with Gasteiger partial charge < -0.3 is 0 Å². The molecule has 124 valence electrons. The summed E-state index contributed by atoms with van der Waals surface area (Å²) in [5.41, 5.74) is 3.76. The highest BCUT2D eigenvalue weighted by molar-refractivity contribution is 9.09. The van der Waals surface area contributed by atoms with Crippen molar-refractivity contribution in [3.8, 4) is 0 Å². The number of carbonyl (C=O) groups is 1. The van der Waals surface area contributed by atoms with Gasteiger partial charge in [0, 0.05) is 10.4 Å².